The second kappa shape index (κ2) is 6.75. The number of aromatic nitrogens is 2. The summed E-state index contributed by atoms with van der Waals surface area (Å²) in [5.74, 6) is 1.31. The maximum absolute atomic E-state index is 10.1. The van der Waals surface area contributed by atoms with Crippen LogP contribution in [0.15, 0.2) is 36.4 Å². The second-order valence-electron chi connectivity index (χ2n) is 6.18. The van der Waals surface area contributed by atoms with Crippen molar-refractivity contribution in [1.82, 2.24) is 9.55 Å². The highest BCUT2D eigenvalue weighted by Crippen LogP contribution is 2.29. The third-order valence-corrected chi connectivity index (χ3v) is 4.91. The summed E-state index contributed by atoms with van der Waals surface area (Å²) in [7, 11) is 0. The Balaban J connectivity index is 1.65. The monoisotopic (exact) mass is 377 g/mol. The predicted molar refractivity (Wildman–Crippen MR) is 99.5 cm³/mol. The number of anilines is 1. The van der Waals surface area contributed by atoms with E-state index in [9.17, 15) is 5.11 Å². The maximum Gasteiger partial charge on any atom is 0.204 e. The van der Waals surface area contributed by atoms with E-state index in [1.807, 2.05) is 30.3 Å². The van der Waals surface area contributed by atoms with Gasteiger partial charge >= 0.3 is 0 Å². The van der Waals surface area contributed by atoms with Gasteiger partial charge in [0.15, 0.2) is 0 Å². The number of para-hydroxylation sites is 1. The van der Waals surface area contributed by atoms with E-state index < -0.39 is 0 Å². The first kappa shape index (κ1) is 16.5. The van der Waals surface area contributed by atoms with Gasteiger partial charge in [-0.15, -0.1) is 0 Å². The molecule has 0 unspecified atom stereocenters. The van der Waals surface area contributed by atoms with E-state index in [-0.39, 0.29) is 5.75 Å². The maximum atomic E-state index is 10.1. The minimum Gasteiger partial charge on any atom is -0.506 e. The fraction of sp³-hybridized carbons (Fsp3) is 0.278. The molecule has 1 saturated heterocycles. The largest absolute Gasteiger partial charge is 0.506 e. The molecule has 0 amide bonds. The lowest BCUT2D eigenvalue weighted by Gasteiger charge is -2.27. The van der Waals surface area contributed by atoms with Crippen LogP contribution in [0.1, 0.15) is 5.56 Å². The lowest BCUT2D eigenvalue weighted by atomic mass is 10.1. The van der Waals surface area contributed by atoms with E-state index in [1.165, 1.54) is 0 Å². The van der Waals surface area contributed by atoms with Gasteiger partial charge in [-0.05, 0) is 24.3 Å². The van der Waals surface area contributed by atoms with Gasteiger partial charge in [0.2, 0.25) is 5.95 Å². The number of ether oxygens (including phenoxy) is 1. The quantitative estimate of drug-likeness (QED) is 0.695. The highest BCUT2D eigenvalue weighted by Gasteiger charge is 2.22. The molecule has 0 atom stereocenters. The molecule has 2 heterocycles. The number of nitrogens with one attached hydrogen (secondary N) is 1. The van der Waals surface area contributed by atoms with Gasteiger partial charge in [0, 0.05) is 29.6 Å². The third kappa shape index (κ3) is 3.27. The van der Waals surface area contributed by atoms with E-state index in [0.29, 0.717) is 22.5 Å². The number of halogens is 2. The van der Waals surface area contributed by atoms with Crippen molar-refractivity contribution in [3.63, 3.8) is 0 Å². The van der Waals surface area contributed by atoms with Crippen LogP contribution >= 0.6 is 23.2 Å². The number of aromatic hydroxyl groups is 1. The van der Waals surface area contributed by atoms with Crippen molar-refractivity contribution in [3.05, 3.63) is 52.0 Å². The van der Waals surface area contributed by atoms with Crippen LogP contribution in [-0.4, -0.2) is 27.9 Å². The normalized spacial score (nSPS) is 14.6. The molecule has 3 aromatic rings. The van der Waals surface area contributed by atoms with E-state index in [2.05, 4.69) is 14.9 Å². The van der Waals surface area contributed by atoms with Crippen molar-refractivity contribution in [2.75, 3.05) is 18.5 Å². The molecule has 0 saturated carbocycles. The van der Waals surface area contributed by atoms with Crippen LogP contribution in [0.2, 0.25) is 10.0 Å². The Morgan fingerprint density at radius 2 is 2.08 bits per heavy atom. The minimum atomic E-state index is 0.0924. The zero-order valence-electron chi connectivity index (χ0n) is 13.4. The smallest absolute Gasteiger partial charge is 0.204 e. The topological polar surface area (TPSA) is 59.3 Å². The molecule has 1 aliphatic heterocycles. The zero-order chi connectivity index (χ0) is 17.4. The first-order valence-corrected chi connectivity index (χ1v) is 8.81. The molecule has 7 heteroatoms. The van der Waals surface area contributed by atoms with Crippen LogP contribution in [0.5, 0.6) is 5.75 Å². The summed E-state index contributed by atoms with van der Waals surface area (Å²) in [5.41, 5.74) is 2.58. The molecule has 0 aliphatic carbocycles. The molecule has 130 valence electrons. The van der Waals surface area contributed by atoms with E-state index in [0.717, 1.165) is 42.3 Å². The molecular weight excluding hydrogens is 361 g/mol. The van der Waals surface area contributed by atoms with Gasteiger partial charge in [-0.3, -0.25) is 0 Å². The van der Waals surface area contributed by atoms with Crippen LogP contribution in [-0.2, 0) is 17.8 Å². The van der Waals surface area contributed by atoms with Crippen LogP contribution in [0.3, 0.4) is 0 Å². The number of nitrogens with zero attached hydrogens (tertiary/aromatic N) is 2. The lowest BCUT2D eigenvalue weighted by Crippen LogP contribution is -2.31. The van der Waals surface area contributed by atoms with Crippen molar-refractivity contribution < 1.29 is 9.84 Å². The van der Waals surface area contributed by atoms with Gasteiger partial charge < -0.3 is 19.7 Å². The zero-order valence-corrected chi connectivity index (χ0v) is 14.9. The SMILES string of the molecule is Oc1c(Cl)cccc1CNc1nc2cc(Cl)ccc2n1CC1COC1. The first-order chi connectivity index (χ1) is 12.1. The molecule has 1 fully saturated rings. The molecule has 4 rings (SSSR count). The average molecular weight is 378 g/mol. The standard InChI is InChI=1S/C18H17Cl2N3O2/c19-13-4-5-16-15(6-13)22-18(23(16)8-11-9-25-10-11)21-7-12-2-1-3-14(20)17(12)24/h1-6,11,24H,7-10H2,(H,21,22). The Morgan fingerprint density at radius 1 is 1.24 bits per heavy atom. The minimum absolute atomic E-state index is 0.0924. The van der Waals surface area contributed by atoms with Gasteiger partial charge in [-0.1, -0.05) is 35.3 Å². The Bertz CT molecular complexity index is 922. The van der Waals surface area contributed by atoms with Crippen LogP contribution in [0, 0.1) is 5.92 Å². The summed E-state index contributed by atoms with van der Waals surface area (Å²) in [4.78, 5) is 4.66. The van der Waals surface area contributed by atoms with Crippen molar-refractivity contribution in [2.24, 2.45) is 5.92 Å². The molecule has 0 radical (unpaired) electrons. The summed E-state index contributed by atoms with van der Waals surface area (Å²) in [6, 6.07) is 11.0. The molecular formula is C18H17Cl2N3O2. The summed E-state index contributed by atoms with van der Waals surface area (Å²) >= 11 is 12.1. The van der Waals surface area contributed by atoms with Gasteiger partial charge in [-0.2, -0.15) is 0 Å². The predicted octanol–water partition coefficient (Wildman–Crippen LogP) is 4.31. The molecule has 1 aliphatic rings. The van der Waals surface area contributed by atoms with Crippen LogP contribution in [0.25, 0.3) is 11.0 Å². The van der Waals surface area contributed by atoms with Gasteiger partial charge in [0.25, 0.3) is 0 Å². The van der Waals surface area contributed by atoms with Crippen molar-refractivity contribution in [1.29, 1.82) is 0 Å². The van der Waals surface area contributed by atoms with Gasteiger partial charge in [0.1, 0.15) is 5.75 Å². The van der Waals surface area contributed by atoms with Crippen LogP contribution < -0.4 is 5.32 Å². The van der Waals surface area contributed by atoms with Crippen LogP contribution in [0.4, 0.5) is 5.95 Å². The second-order valence-corrected chi connectivity index (χ2v) is 7.03. The number of rotatable bonds is 5. The highest BCUT2D eigenvalue weighted by atomic mass is 35.5. The number of phenolic OH excluding ortho intramolecular Hbond substituents is 1. The summed E-state index contributed by atoms with van der Waals surface area (Å²) in [5, 5.41) is 14.4. The fourth-order valence-electron chi connectivity index (χ4n) is 2.95. The first-order valence-electron chi connectivity index (χ1n) is 8.05. The molecule has 25 heavy (non-hydrogen) atoms. The fourth-order valence-corrected chi connectivity index (χ4v) is 3.31. The Labute approximate surface area is 155 Å². The Morgan fingerprint density at radius 3 is 2.84 bits per heavy atom. The number of phenols is 1. The molecule has 2 N–H and O–H groups in total. The summed E-state index contributed by atoms with van der Waals surface area (Å²) in [6.07, 6.45) is 0. The molecule has 5 nitrogen and oxygen atoms in total. The van der Waals surface area contributed by atoms with E-state index >= 15 is 0 Å². The summed E-state index contributed by atoms with van der Waals surface area (Å²) < 4.78 is 7.43. The Kier molecular flexibility index (Phi) is 4.46. The lowest BCUT2D eigenvalue weighted by molar-refractivity contribution is -0.0387. The Hall–Kier alpha value is -1.95. The van der Waals surface area contributed by atoms with Crippen molar-refractivity contribution in [2.45, 2.75) is 13.1 Å². The van der Waals surface area contributed by atoms with Crippen molar-refractivity contribution >= 4 is 40.2 Å². The highest BCUT2D eigenvalue weighted by molar-refractivity contribution is 6.32. The molecule has 0 bridgehead atoms. The molecule has 1 aromatic heterocycles. The van der Waals surface area contributed by atoms with E-state index in [1.54, 1.807) is 6.07 Å². The third-order valence-electron chi connectivity index (χ3n) is 4.37. The van der Waals surface area contributed by atoms with Gasteiger partial charge in [0.05, 0.1) is 29.3 Å². The van der Waals surface area contributed by atoms with Gasteiger partial charge in [-0.25, -0.2) is 4.98 Å². The number of fused-ring (bicyclic) bond motifs is 1. The number of benzene rings is 2. The molecule has 0 spiro atoms. The summed E-state index contributed by atoms with van der Waals surface area (Å²) in [6.45, 7) is 2.77. The number of imidazole rings is 1. The molecule has 2 aromatic carbocycles. The van der Waals surface area contributed by atoms with E-state index in [4.69, 9.17) is 27.9 Å². The average Bonchev–Trinajstić information content (AvgIpc) is 2.89. The number of hydrogen-bond donors (Lipinski definition) is 2. The number of hydrogen-bond acceptors (Lipinski definition) is 4. The van der Waals surface area contributed by atoms with Crippen molar-refractivity contribution in [3.8, 4) is 5.75 Å².